The van der Waals surface area contributed by atoms with Crippen LogP contribution in [0.15, 0.2) is 52.9 Å². The molecule has 0 unspecified atom stereocenters. The Balaban J connectivity index is 1.45. The van der Waals surface area contributed by atoms with Crippen LogP contribution in [0, 0.1) is 6.92 Å². The minimum Gasteiger partial charge on any atom is -0.492 e. The number of nitrogens with zero attached hydrogens (tertiary/aromatic N) is 2. The summed E-state index contributed by atoms with van der Waals surface area (Å²) >= 11 is 0. The molecule has 0 saturated carbocycles. The maximum Gasteiger partial charge on any atom is 0.251 e. The highest BCUT2D eigenvalue weighted by Gasteiger charge is 2.07. The van der Waals surface area contributed by atoms with Gasteiger partial charge in [-0.15, -0.1) is 10.2 Å². The molecule has 0 aliphatic heterocycles. The highest BCUT2D eigenvalue weighted by Crippen LogP contribution is 2.21. The van der Waals surface area contributed by atoms with Gasteiger partial charge in [-0.1, -0.05) is 12.1 Å². The molecule has 0 aliphatic rings. The number of hydrogen-bond acceptors (Lipinski definition) is 6. The summed E-state index contributed by atoms with van der Waals surface area (Å²) in [5.41, 5.74) is 1.89. The van der Waals surface area contributed by atoms with Crippen LogP contribution >= 0.6 is 0 Å². The van der Waals surface area contributed by atoms with E-state index in [-0.39, 0.29) is 11.7 Å². The number of amides is 1. The molecule has 3 aromatic rings. The van der Waals surface area contributed by atoms with E-state index in [1.165, 1.54) is 6.92 Å². The molecule has 1 N–H and O–H groups in total. The number of ketones is 1. The van der Waals surface area contributed by atoms with Gasteiger partial charge in [0.2, 0.25) is 11.8 Å². The average molecular weight is 365 g/mol. The summed E-state index contributed by atoms with van der Waals surface area (Å²) in [6.07, 6.45) is 0. The van der Waals surface area contributed by atoms with Crippen LogP contribution in [0.5, 0.6) is 5.75 Å². The number of benzene rings is 2. The highest BCUT2D eigenvalue weighted by atomic mass is 16.5. The smallest absolute Gasteiger partial charge is 0.251 e. The van der Waals surface area contributed by atoms with Gasteiger partial charge in [0.1, 0.15) is 12.4 Å². The number of carbonyl (C=O) groups is 2. The van der Waals surface area contributed by atoms with Crippen molar-refractivity contribution < 1.29 is 18.7 Å². The van der Waals surface area contributed by atoms with E-state index in [1.807, 2.05) is 12.1 Å². The predicted octanol–water partition coefficient (Wildman–Crippen LogP) is 3.06. The molecule has 27 heavy (non-hydrogen) atoms. The second kappa shape index (κ2) is 8.27. The summed E-state index contributed by atoms with van der Waals surface area (Å²) in [4.78, 5) is 23.3. The van der Waals surface area contributed by atoms with Crippen LogP contribution in [-0.2, 0) is 0 Å². The van der Waals surface area contributed by atoms with Gasteiger partial charge in [-0.25, -0.2) is 0 Å². The van der Waals surface area contributed by atoms with Crippen LogP contribution in [0.4, 0.5) is 0 Å². The second-order valence-corrected chi connectivity index (χ2v) is 5.89. The van der Waals surface area contributed by atoms with E-state index < -0.39 is 0 Å². The monoisotopic (exact) mass is 365 g/mol. The van der Waals surface area contributed by atoms with Crippen LogP contribution in [0.25, 0.3) is 11.5 Å². The standard InChI is InChI=1S/C20H19N3O4/c1-13(24)15-3-5-16(6-4-15)19(25)21-11-12-26-18-9-7-17(8-10-18)20-23-22-14(2)27-20/h3-10H,11-12H2,1-2H3,(H,21,25). The molecule has 0 radical (unpaired) electrons. The van der Waals surface area contributed by atoms with E-state index in [0.717, 1.165) is 5.56 Å². The maximum atomic E-state index is 12.1. The Morgan fingerprint density at radius 2 is 1.67 bits per heavy atom. The maximum absolute atomic E-state index is 12.1. The van der Waals surface area contributed by atoms with Crippen LogP contribution in [0.2, 0.25) is 0 Å². The van der Waals surface area contributed by atoms with E-state index in [0.29, 0.717) is 41.8 Å². The average Bonchev–Trinajstić information content (AvgIpc) is 3.12. The van der Waals surface area contributed by atoms with Crippen molar-refractivity contribution in [2.45, 2.75) is 13.8 Å². The summed E-state index contributed by atoms with van der Waals surface area (Å²) in [5.74, 6) is 1.40. The fourth-order valence-corrected chi connectivity index (χ4v) is 2.40. The van der Waals surface area contributed by atoms with Gasteiger partial charge >= 0.3 is 0 Å². The minimum atomic E-state index is -0.212. The first-order chi connectivity index (χ1) is 13.0. The third kappa shape index (κ3) is 4.78. The zero-order valence-electron chi connectivity index (χ0n) is 15.1. The van der Waals surface area contributed by atoms with Crippen molar-refractivity contribution in [3.8, 4) is 17.2 Å². The minimum absolute atomic E-state index is 0.0318. The van der Waals surface area contributed by atoms with Gasteiger partial charge in [0.15, 0.2) is 5.78 Å². The number of carbonyl (C=O) groups excluding carboxylic acids is 2. The van der Waals surface area contributed by atoms with E-state index in [9.17, 15) is 9.59 Å². The van der Waals surface area contributed by atoms with Gasteiger partial charge in [-0.2, -0.15) is 0 Å². The largest absolute Gasteiger partial charge is 0.492 e. The lowest BCUT2D eigenvalue weighted by atomic mass is 10.1. The Morgan fingerprint density at radius 1 is 1.00 bits per heavy atom. The number of hydrogen-bond donors (Lipinski definition) is 1. The summed E-state index contributed by atoms with van der Waals surface area (Å²) in [7, 11) is 0. The molecule has 7 nitrogen and oxygen atoms in total. The Bertz CT molecular complexity index is 931. The number of Topliss-reactive ketones (excluding diaryl/α,β-unsaturated/α-hetero) is 1. The third-order valence-corrected chi connectivity index (χ3v) is 3.84. The van der Waals surface area contributed by atoms with Gasteiger partial charge < -0.3 is 14.5 Å². The Morgan fingerprint density at radius 3 is 2.26 bits per heavy atom. The van der Waals surface area contributed by atoms with Crippen molar-refractivity contribution in [3.63, 3.8) is 0 Å². The van der Waals surface area contributed by atoms with Gasteiger partial charge in [0.25, 0.3) is 5.91 Å². The van der Waals surface area contributed by atoms with Crippen molar-refractivity contribution in [1.29, 1.82) is 0 Å². The molecule has 1 aromatic heterocycles. The summed E-state index contributed by atoms with van der Waals surface area (Å²) in [5, 5.41) is 10.5. The molecule has 138 valence electrons. The van der Waals surface area contributed by atoms with Crippen molar-refractivity contribution in [3.05, 3.63) is 65.5 Å². The van der Waals surface area contributed by atoms with Crippen molar-refractivity contribution in [1.82, 2.24) is 15.5 Å². The van der Waals surface area contributed by atoms with Crippen LogP contribution < -0.4 is 10.1 Å². The van der Waals surface area contributed by atoms with Crippen LogP contribution in [0.1, 0.15) is 33.5 Å². The number of nitrogens with one attached hydrogen (secondary N) is 1. The Kier molecular flexibility index (Phi) is 5.61. The van der Waals surface area contributed by atoms with Gasteiger partial charge in [-0.3, -0.25) is 9.59 Å². The first kappa shape index (κ1) is 18.3. The number of aromatic nitrogens is 2. The van der Waals surface area contributed by atoms with Crippen LogP contribution in [-0.4, -0.2) is 35.0 Å². The second-order valence-electron chi connectivity index (χ2n) is 5.89. The normalized spacial score (nSPS) is 10.4. The zero-order chi connectivity index (χ0) is 19.2. The molecule has 1 heterocycles. The molecule has 2 aromatic carbocycles. The fraction of sp³-hybridized carbons (Fsp3) is 0.200. The lowest BCUT2D eigenvalue weighted by Gasteiger charge is -2.08. The number of rotatable bonds is 7. The molecule has 0 bridgehead atoms. The SMILES string of the molecule is CC(=O)c1ccc(C(=O)NCCOc2ccc(-c3nnc(C)o3)cc2)cc1. The molecule has 0 spiro atoms. The van der Waals surface area contributed by atoms with Crippen molar-refractivity contribution in [2.24, 2.45) is 0 Å². The zero-order valence-corrected chi connectivity index (χ0v) is 15.1. The third-order valence-electron chi connectivity index (χ3n) is 3.84. The van der Waals surface area contributed by atoms with Gasteiger partial charge in [-0.05, 0) is 43.3 Å². The van der Waals surface area contributed by atoms with Gasteiger partial charge in [0, 0.05) is 23.6 Å². The lowest BCUT2D eigenvalue weighted by molar-refractivity contribution is 0.0945. The van der Waals surface area contributed by atoms with Crippen molar-refractivity contribution in [2.75, 3.05) is 13.2 Å². The van der Waals surface area contributed by atoms with E-state index >= 15 is 0 Å². The quantitative estimate of drug-likeness (QED) is 0.511. The predicted molar refractivity (Wildman–Crippen MR) is 98.7 cm³/mol. The lowest BCUT2D eigenvalue weighted by Crippen LogP contribution is -2.28. The molecule has 0 fully saturated rings. The molecule has 7 heteroatoms. The van der Waals surface area contributed by atoms with Crippen molar-refractivity contribution >= 4 is 11.7 Å². The molecular weight excluding hydrogens is 346 g/mol. The molecule has 0 atom stereocenters. The number of aryl methyl sites for hydroxylation is 1. The Labute approximate surface area is 156 Å². The first-order valence-corrected chi connectivity index (χ1v) is 8.45. The van der Waals surface area contributed by atoms with Gasteiger partial charge in [0.05, 0.1) is 6.54 Å². The summed E-state index contributed by atoms with van der Waals surface area (Å²) in [6.45, 7) is 3.91. The van der Waals surface area contributed by atoms with E-state index in [1.54, 1.807) is 43.3 Å². The summed E-state index contributed by atoms with van der Waals surface area (Å²) < 4.78 is 11.0. The topological polar surface area (TPSA) is 94.3 Å². The highest BCUT2D eigenvalue weighted by molar-refractivity contribution is 5.97. The molecular formula is C20H19N3O4. The summed E-state index contributed by atoms with van der Waals surface area (Å²) in [6, 6.07) is 13.8. The molecule has 0 aliphatic carbocycles. The van der Waals surface area contributed by atoms with Crippen LogP contribution in [0.3, 0.4) is 0 Å². The fourth-order valence-electron chi connectivity index (χ4n) is 2.40. The molecule has 1 amide bonds. The van der Waals surface area contributed by atoms with E-state index in [2.05, 4.69) is 15.5 Å². The molecule has 3 rings (SSSR count). The molecule has 0 saturated heterocycles. The van der Waals surface area contributed by atoms with E-state index in [4.69, 9.17) is 9.15 Å². The first-order valence-electron chi connectivity index (χ1n) is 8.45. The Hall–Kier alpha value is -3.48. The number of ether oxygens (including phenoxy) is 1.